The highest BCUT2D eigenvalue weighted by Crippen LogP contribution is 2.43. The molecule has 0 atom stereocenters. The summed E-state index contributed by atoms with van der Waals surface area (Å²) in [6.07, 6.45) is -5.42. The Labute approximate surface area is 425 Å². The van der Waals surface area contributed by atoms with Crippen LogP contribution in [-0.2, 0) is 22.4 Å². The second kappa shape index (κ2) is 23.9. The summed E-state index contributed by atoms with van der Waals surface area (Å²) in [5.74, 6) is -7.42. The fourth-order valence-electron chi connectivity index (χ4n) is 7.51. The molecule has 0 fully saturated rings. The maximum absolute atomic E-state index is 14.2. The number of anilines is 2. The van der Waals surface area contributed by atoms with Gasteiger partial charge >= 0.3 is 24.3 Å². The number of esters is 2. The van der Waals surface area contributed by atoms with Crippen molar-refractivity contribution in [3.63, 3.8) is 0 Å². The maximum atomic E-state index is 14.2. The normalized spacial score (nSPS) is 12.1. The van der Waals surface area contributed by atoms with Crippen molar-refractivity contribution in [2.24, 2.45) is 5.41 Å². The van der Waals surface area contributed by atoms with Gasteiger partial charge < -0.3 is 50.1 Å². The van der Waals surface area contributed by atoms with Gasteiger partial charge in [-0.05, 0) is 132 Å². The van der Waals surface area contributed by atoms with Gasteiger partial charge in [0.2, 0.25) is 11.6 Å². The molecule has 0 aliphatic heterocycles. The Morgan fingerprint density at radius 3 is 1.28 bits per heavy atom. The number of carbonyl (C=O) groups excluding carboxylic acids is 4. The molecule has 0 unspecified atom stereocenters. The predicted octanol–water partition coefficient (Wildman–Crippen LogP) is 9.60. The topological polar surface area (TPSA) is 216 Å². The van der Waals surface area contributed by atoms with Crippen LogP contribution >= 0.6 is 0 Å². The van der Waals surface area contributed by atoms with Crippen LogP contribution in [0.1, 0.15) is 49.4 Å². The van der Waals surface area contributed by atoms with Gasteiger partial charge in [0.1, 0.15) is 11.5 Å². The molecule has 0 aromatic heterocycles. The highest BCUT2D eigenvalue weighted by atomic mass is 19.4. The monoisotopic (exact) mass is 1040 g/mol. The summed E-state index contributed by atoms with van der Waals surface area (Å²) < 4.78 is 107. The number of methoxy groups -OCH3 is 2. The van der Waals surface area contributed by atoms with Crippen molar-refractivity contribution >= 4 is 47.0 Å². The summed E-state index contributed by atoms with van der Waals surface area (Å²) in [6, 6.07) is 31.4. The number of hydrogen-bond acceptors (Lipinski definition) is 14. The average molecular weight is 1040 g/mol. The molecule has 0 aliphatic rings. The molecule has 6 aromatic carbocycles. The van der Waals surface area contributed by atoms with E-state index in [-0.39, 0.29) is 58.5 Å². The summed E-state index contributed by atoms with van der Waals surface area (Å²) >= 11 is 0. The molecule has 0 spiro atoms. The quantitative estimate of drug-likeness (QED) is 0.0124. The van der Waals surface area contributed by atoms with Crippen molar-refractivity contribution in [1.29, 1.82) is 0 Å². The molecular formula is C55H48F6N2O12. The van der Waals surface area contributed by atoms with Crippen molar-refractivity contribution in [1.82, 2.24) is 0 Å². The number of benzene rings is 6. The lowest BCUT2D eigenvalue weighted by Crippen LogP contribution is -2.57. The highest BCUT2D eigenvalue weighted by Gasteiger charge is 2.54. The minimum Gasteiger partial charge on any atom is -0.493 e. The first-order chi connectivity index (χ1) is 35.4. The van der Waals surface area contributed by atoms with E-state index in [2.05, 4.69) is 0 Å². The second-order valence-corrected chi connectivity index (χ2v) is 16.9. The molecule has 0 saturated carbocycles. The summed E-state index contributed by atoms with van der Waals surface area (Å²) in [5.41, 5.74) is 12.5. The lowest BCUT2D eigenvalue weighted by molar-refractivity contribution is -0.230. The van der Waals surface area contributed by atoms with Crippen LogP contribution in [0.25, 0.3) is 12.2 Å². The van der Waals surface area contributed by atoms with Gasteiger partial charge in [0.05, 0.1) is 25.3 Å². The van der Waals surface area contributed by atoms with Crippen molar-refractivity contribution in [3.05, 3.63) is 179 Å². The molecule has 392 valence electrons. The lowest BCUT2D eigenvalue weighted by Gasteiger charge is -2.42. The largest absolute Gasteiger partial charge is 0.493 e. The molecule has 6 rings (SSSR count). The van der Waals surface area contributed by atoms with Gasteiger partial charge in [0, 0.05) is 23.2 Å². The molecule has 0 bridgehead atoms. The Morgan fingerprint density at radius 1 is 0.520 bits per heavy atom. The molecule has 20 heteroatoms. The van der Waals surface area contributed by atoms with Crippen LogP contribution in [0.15, 0.2) is 146 Å². The molecule has 6 N–H and O–H groups in total. The number of ketones is 2. The summed E-state index contributed by atoms with van der Waals surface area (Å²) in [4.78, 5) is 54.2. The fraction of sp³-hybridized carbons (Fsp3) is 0.200. The average Bonchev–Trinajstić information content (AvgIpc) is 3.37. The predicted molar refractivity (Wildman–Crippen MR) is 263 cm³/mol. The smallest absolute Gasteiger partial charge is 0.422 e. The third kappa shape index (κ3) is 15.7. The molecule has 75 heavy (non-hydrogen) atoms. The number of allylic oxidation sites excluding steroid dienone is 1. The summed E-state index contributed by atoms with van der Waals surface area (Å²) in [5, 5.41) is 24.4. The van der Waals surface area contributed by atoms with Crippen molar-refractivity contribution < 1.29 is 84.2 Å². The van der Waals surface area contributed by atoms with Crippen LogP contribution < -0.4 is 39.9 Å². The zero-order valence-corrected chi connectivity index (χ0v) is 39.9. The van der Waals surface area contributed by atoms with E-state index in [1.807, 2.05) is 0 Å². The first-order valence-corrected chi connectivity index (χ1v) is 22.4. The Morgan fingerprint density at radius 2 is 0.907 bits per heavy atom. The van der Waals surface area contributed by atoms with Crippen molar-refractivity contribution in [2.45, 2.75) is 37.4 Å². The molecule has 0 amide bonds. The molecule has 0 heterocycles. The first kappa shape index (κ1) is 55.7. The van der Waals surface area contributed by atoms with Gasteiger partial charge in [0.15, 0.2) is 42.0 Å². The van der Waals surface area contributed by atoms with E-state index >= 15 is 0 Å². The van der Waals surface area contributed by atoms with Crippen LogP contribution in [0.4, 0.5) is 37.7 Å². The number of halogens is 6. The number of aliphatic hydroxyl groups is 2. The van der Waals surface area contributed by atoms with E-state index in [0.29, 0.717) is 33.6 Å². The molecule has 14 nitrogen and oxygen atoms in total. The van der Waals surface area contributed by atoms with E-state index in [9.17, 15) is 55.7 Å². The molecule has 6 aromatic rings. The van der Waals surface area contributed by atoms with Gasteiger partial charge in [-0.3, -0.25) is 9.59 Å². The zero-order chi connectivity index (χ0) is 54.6. The lowest BCUT2D eigenvalue weighted by atomic mass is 9.65. The number of ether oxygens (including phenoxy) is 6. The Bertz CT molecular complexity index is 2980. The number of carbonyl (C=O) groups is 4. The van der Waals surface area contributed by atoms with Crippen LogP contribution in [-0.4, -0.2) is 79.3 Å². The second-order valence-electron chi connectivity index (χ2n) is 16.9. The van der Waals surface area contributed by atoms with E-state index in [1.54, 1.807) is 48.5 Å². The van der Waals surface area contributed by atoms with Crippen LogP contribution in [0, 0.1) is 5.41 Å². The van der Waals surface area contributed by atoms with Gasteiger partial charge in [-0.25, -0.2) is 9.59 Å². The molecule has 0 radical (unpaired) electrons. The Balaban J connectivity index is 1.20. The molecular weight excluding hydrogens is 995 g/mol. The SMILES string of the molecule is COc1cc(C(=O)Oc2ccc(/C=C/C(=O)CC(Cc3ccc(N)cc3)(Cc3ccc(N)cc3)C(O)(O)C(=O)/C=C/c3ccc(OC(=O)c4ccc(OCC(F)(F)F)c(OC)c4)cc3)cc2)ccc1OCC(F)(F)F. The van der Waals surface area contributed by atoms with Gasteiger partial charge in [-0.15, -0.1) is 0 Å². The minimum absolute atomic E-state index is 0.0416. The maximum Gasteiger partial charge on any atom is 0.422 e. The first-order valence-electron chi connectivity index (χ1n) is 22.4. The molecule has 0 aliphatic carbocycles. The Hall–Kier alpha value is -8.62. The number of nitrogen functional groups attached to an aromatic ring is 2. The fourth-order valence-corrected chi connectivity index (χ4v) is 7.51. The van der Waals surface area contributed by atoms with Crippen LogP contribution in [0.2, 0.25) is 0 Å². The third-order valence-electron chi connectivity index (χ3n) is 11.3. The summed E-state index contributed by atoms with van der Waals surface area (Å²) in [7, 11) is 2.38. The number of hydrogen-bond donors (Lipinski definition) is 4. The zero-order valence-electron chi connectivity index (χ0n) is 39.9. The number of nitrogens with two attached hydrogens (primary N) is 2. The van der Waals surface area contributed by atoms with Gasteiger partial charge in [0.25, 0.3) is 0 Å². The van der Waals surface area contributed by atoms with Crippen LogP contribution in [0.3, 0.4) is 0 Å². The van der Waals surface area contributed by atoms with Gasteiger partial charge in [-0.1, -0.05) is 60.7 Å². The number of rotatable bonds is 22. The third-order valence-corrected chi connectivity index (χ3v) is 11.3. The molecule has 0 saturated heterocycles. The van der Waals surface area contributed by atoms with E-state index in [1.165, 1.54) is 93.1 Å². The number of alkyl halides is 6. The van der Waals surface area contributed by atoms with E-state index < -0.39 is 66.7 Å². The van der Waals surface area contributed by atoms with Gasteiger partial charge in [-0.2, -0.15) is 26.3 Å². The van der Waals surface area contributed by atoms with E-state index in [0.717, 1.165) is 30.3 Å². The van der Waals surface area contributed by atoms with Crippen molar-refractivity contribution in [2.75, 3.05) is 38.9 Å². The van der Waals surface area contributed by atoms with E-state index in [4.69, 9.17) is 39.9 Å². The highest BCUT2D eigenvalue weighted by molar-refractivity contribution is 6.01. The van der Waals surface area contributed by atoms with Crippen LogP contribution in [0.5, 0.6) is 34.5 Å². The van der Waals surface area contributed by atoms with Crippen molar-refractivity contribution in [3.8, 4) is 34.5 Å². The summed E-state index contributed by atoms with van der Waals surface area (Å²) in [6.45, 7) is -3.15. The standard InChI is InChI=1S/C55H48F6N2O12/c1-70-47-27-38(13-24-45(47)72-32-53(56,57)58)50(66)74-43-20-8-34(9-21-43)7-19-42(64)31-52(29-36-3-15-40(62)16-4-36,30-37-5-17-41(63)18-6-37)55(68,69)49(65)26-12-35-10-22-44(23-11-35)75-51(67)39-14-25-46(48(28-39)71-2)73-33-54(59,60)61/h3-28,68-69H,29-33,62-63H2,1-2H3/b19-7+,26-12+. The minimum atomic E-state index is -4.61. The Kier molecular flexibility index (Phi) is 17.8.